The van der Waals surface area contributed by atoms with Crippen molar-refractivity contribution in [3.63, 3.8) is 0 Å². The Morgan fingerprint density at radius 3 is 2.82 bits per heavy atom. The van der Waals surface area contributed by atoms with Gasteiger partial charge in [0.05, 0.1) is 6.10 Å². The van der Waals surface area contributed by atoms with E-state index in [-0.39, 0.29) is 6.10 Å². The first-order valence-corrected chi connectivity index (χ1v) is 5.03. The van der Waals surface area contributed by atoms with Gasteiger partial charge < -0.3 is 5.11 Å². The second kappa shape index (κ2) is 1.82. The van der Waals surface area contributed by atoms with Crippen LogP contribution in [0.2, 0.25) is 0 Å². The molecule has 3 fully saturated rings. The normalized spacial score (nSPS) is 60.3. The Kier molecular flexibility index (Phi) is 1.07. The van der Waals surface area contributed by atoms with Crippen molar-refractivity contribution < 1.29 is 5.11 Å². The minimum absolute atomic E-state index is 0.0816. The van der Waals surface area contributed by atoms with Gasteiger partial charge in [-0.1, -0.05) is 12.8 Å². The maximum atomic E-state index is 9.66. The van der Waals surface area contributed by atoms with E-state index >= 15 is 0 Å². The first-order valence-electron chi connectivity index (χ1n) is 5.03. The third kappa shape index (κ3) is 0.618. The van der Waals surface area contributed by atoms with E-state index in [1.165, 1.54) is 32.1 Å². The fourth-order valence-corrected chi connectivity index (χ4v) is 3.97. The summed E-state index contributed by atoms with van der Waals surface area (Å²) in [6, 6.07) is 0. The lowest BCUT2D eigenvalue weighted by molar-refractivity contribution is 0.149. The number of aliphatic hydroxyl groups is 1. The van der Waals surface area contributed by atoms with Gasteiger partial charge >= 0.3 is 0 Å². The Labute approximate surface area is 67.8 Å². The summed E-state index contributed by atoms with van der Waals surface area (Å²) < 4.78 is 0. The SMILES string of the molecule is OC1CCC23CCCCC2C13. The fourth-order valence-electron chi connectivity index (χ4n) is 3.97. The molecule has 62 valence electrons. The highest BCUT2D eigenvalue weighted by Gasteiger charge is 2.69. The molecule has 1 N–H and O–H groups in total. The number of rotatable bonds is 0. The maximum absolute atomic E-state index is 9.66. The zero-order valence-corrected chi connectivity index (χ0v) is 6.92. The highest BCUT2D eigenvalue weighted by Crippen LogP contribution is 2.73. The Morgan fingerprint density at radius 2 is 2.00 bits per heavy atom. The van der Waals surface area contributed by atoms with Crippen molar-refractivity contribution in [1.29, 1.82) is 0 Å². The Hall–Kier alpha value is -0.0400. The van der Waals surface area contributed by atoms with Crippen molar-refractivity contribution >= 4 is 0 Å². The second-order valence-electron chi connectivity index (χ2n) is 4.72. The molecule has 0 aromatic heterocycles. The van der Waals surface area contributed by atoms with Crippen molar-refractivity contribution in [3.8, 4) is 0 Å². The lowest BCUT2D eigenvalue weighted by Crippen LogP contribution is -2.09. The molecule has 1 spiro atoms. The van der Waals surface area contributed by atoms with Gasteiger partial charge in [-0.15, -0.1) is 0 Å². The first kappa shape index (κ1) is 6.47. The summed E-state index contributed by atoms with van der Waals surface area (Å²) in [6.45, 7) is 0. The molecule has 0 saturated heterocycles. The molecule has 0 bridgehead atoms. The maximum Gasteiger partial charge on any atom is 0.0576 e. The molecule has 0 aromatic rings. The Balaban J connectivity index is 1.87. The average molecular weight is 152 g/mol. The van der Waals surface area contributed by atoms with Crippen LogP contribution in [-0.4, -0.2) is 11.2 Å². The van der Waals surface area contributed by atoms with Crippen molar-refractivity contribution in [3.05, 3.63) is 0 Å². The van der Waals surface area contributed by atoms with Crippen molar-refractivity contribution in [2.24, 2.45) is 17.3 Å². The Bertz CT molecular complexity index is 185. The number of hydrogen-bond acceptors (Lipinski definition) is 1. The zero-order valence-electron chi connectivity index (χ0n) is 6.92. The summed E-state index contributed by atoms with van der Waals surface area (Å²) in [7, 11) is 0. The van der Waals surface area contributed by atoms with Gasteiger partial charge in [-0.05, 0) is 42.9 Å². The summed E-state index contributed by atoms with van der Waals surface area (Å²) in [4.78, 5) is 0. The van der Waals surface area contributed by atoms with Crippen LogP contribution in [0.15, 0.2) is 0 Å². The first-order chi connectivity index (χ1) is 5.34. The van der Waals surface area contributed by atoms with Gasteiger partial charge in [0, 0.05) is 0 Å². The van der Waals surface area contributed by atoms with E-state index < -0.39 is 0 Å². The van der Waals surface area contributed by atoms with Crippen LogP contribution >= 0.6 is 0 Å². The lowest BCUT2D eigenvalue weighted by atomic mass is 9.86. The van der Waals surface area contributed by atoms with Gasteiger partial charge in [0.25, 0.3) is 0 Å². The van der Waals surface area contributed by atoms with Crippen LogP contribution in [0.3, 0.4) is 0 Å². The van der Waals surface area contributed by atoms with E-state index in [1.807, 2.05) is 0 Å². The van der Waals surface area contributed by atoms with Crippen LogP contribution < -0.4 is 0 Å². The van der Waals surface area contributed by atoms with E-state index in [0.29, 0.717) is 5.41 Å². The standard InChI is InChI=1S/C10H16O/c11-8-4-6-10-5-2-1-3-7(10)9(8)10/h7-9,11H,1-6H2. The molecule has 3 rings (SSSR count). The van der Waals surface area contributed by atoms with Gasteiger partial charge in [0.2, 0.25) is 0 Å². The topological polar surface area (TPSA) is 20.2 Å². The molecule has 3 aliphatic carbocycles. The number of fused-ring (bicyclic) bond motifs is 1. The molecule has 4 atom stereocenters. The van der Waals surface area contributed by atoms with E-state index in [1.54, 1.807) is 0 Å². The van der Waals surface area contributed by atoms with Crippen LogP contribution in [-0.2, 0) is 0 Å². The number of aliphatic hydroxyl groups excluding tert-OH is 1. The predicted molar refractivity (Wildman–Crippen MR) is 43.1 cm³/mol. The molecular formula is C10H16O. The number of hydrogen-bond donors (Lipinski definition) is 1. The summed E-state index contributed by atoms with van der Waals surface area (Å²) in [5.74, 6) is 1.69. The summed E-state index contributed by atoms with van der Waals surface area (Å²) >= 11 is 0. The van der Waals surface area contributed by atoms with Gasteiger partial charge in [0.15, 0.2) is 0 Å². The van der Waals surface area contributed by atoms with E-state index in [0.717, 1.165) is 18.3 Å². The lowest BCUT2D eigenvalue weighted by Gasteiger charge is -2.19. The summed E-state index contributed by atoms with van der Waals surface area (Å²) in [5.41, 5.74) is 0.678. The third-order valence-electron chi connectivity index (χ3n) is 4.45. The highest BCUT2D eigenvalue weighted by atomic mass is 16.3. The van der Waals surface area contributed by atoms with Crippen LogP contribution in [0.5, 0.6) is 0 Å². The molecule has 0 amide bonds. The monoisotopic (exact) mass is 152 g/mol. The van der Waals surface area contributed by atoms with Crippen LogP contribution in [0.4, 0.5) is 0 Å². The van der Waals surface area contributed by atoms with Crippen molar-refractivity contribution in [2.75, 3.05) is 0 Å². The molecule has 4 unspecified atom stereocenters. The summed E-state index contributed by atoms with van der Waals surface area (Å²) in [5, 5.41) is 9.66. The largest absolute Gasteiger partial charge is 0.393 e. The molecule has 1 nitrogen and oxygen atoms in total. The fraction of sp³-hybridized carbons (Fsp3) is 1.00. The molecule has 11 heavy (non-hydrogen) atoms. The van der Waals surface area contributed by atoms with Crippen LogP contribution in [0, 0.1) is 17.3 Å². The van der Waals surface area contributed by atoms with Gasteiger partial charge in [-0.25, -0.2) is 0 Å². The second-order valence-corrected chi connectivity index (χ2v) is 4.72. The molecule has 0 aliphatic heterocycles. The van der Waals surface area contributed by atoms with E-state index in [9.17, 15) is 5.11 Å². The Morgan fingerprint density at radius 1 is 1.09 bits per heavy atom. The average Bonchev–Trinajstić information content (AvgIpc) is 2.60. The van der Waals surface area contributed by atoms with Crippen LogP contribution in [0.1, 0.15) is 38.5 Å². The molecule has 0 aromatic carbocycles. The molecule has 0 radical (unpaired) electrons. The smallest absolute Gasteiger partial charge is 0.0576 e. The van der Waals surface area contributed by atoms with Crippen molar-refractivity contribution in [2.45, 2.75) is 44.6 Å². The van der Waals surface area contributed by atoms with Gasteiger partial charge in [-0.3, -0.25) is 0 Å². The molecule has 3 saturated carbocycles. The summed E-state index contributed by atoms with van der Waals surface area (Å²) in [6.07, 6.45) is 8.22. The predicted octanol–water partition coefficient (Wildman–Crippen LogP) is 1.95. The third-order valence-corrected chi connectivity index (χ3v) is 4.45. The van der Waals surface area contributed by atoms with Crippen LogP contribution in [0.25, 0.3) is 0 Å². The van der Waals surface area contributed by atoms with Gasteiger partial charge in [0.1, 0.15) is 0 Å². The minimum Gasteiger partial charge on any atom is -0.393 e. The quantitative estimate of drug-likeness (QED) is 0.562. The minimum atomic E-state index is 0.0816. The van der Waals surface area contributed by atoms with Gasteiger partial charge in [-0.2, -0.15) is 0 Å². The molecule has 0 heterocycles. The van der Waals surface area contributed by atoms with Crippen molar-refractivity contribution in [1.82, 2.24) is 0 Å². The zero-order chi connectivity index (χ0) is 7.47. The highest BCUT2D eigenvalue weighted by molar-refractivity contribution is 5.18. The molecular weight excluding hydrogens is 136 g/mol. The van der Waals surface area contributed by atoms with E-state index in [2.05, 4.69) is 0 Å². The molecule has 3 aliphatic rings. The molecule has 1 heteroatoms. The van der Waals surface area contributed by atoms with E-state index in [4.69, 9.17) is 0 Å².